The predicted octanol–water partition coefficient (Wildman–Crippen LogP) is 0.296. The van der Waals surface area contributed by atoms with Crippen molar-refractivity contribution >= 4 is 17.7 Å². The van der Waals surface area contributed by atoms with Crippen LogP contribution < -0.4 is 5.32 Å². The quantitative estimate of drug-likeness (QED) is 0.681. The summed E-state index contributed by atoms with van der Waals surface area (Å²) < 4.78 is 4.61. The van der Waals surface area contributed by atoms with Crippen LogP contribution in [0.5, 0.6) is 0 Å². The molecule has 0 bridgehead atoms. The van der Waals surface area contributed by atoms with Crippen molar-refractivity contribution in [1.29, 1.82) is 0 Å². The Morgan fingerprint density at radius 2 is 2.23 bits per heavy atom. The van der Waals surface area contributed by atoms with Gasteiger partial charge in [-0.15, -0.1) is 0 Å². The van der Waals surface area contributed by atoms with Crippen molar-refractivity contribution < 1.29 is 14.1 Å². The van der Waals surface area contributed by atoms with Crippen LogP contribution in [0.1, 0.15) is 19.2 Å². The molecule has 6 nitrogen and oxygen atoms in total. The monoisotopic (exact) mass is 183 g/mol. The molecule has 1 rings (SSSR count). The first kappa shape index (κ1) is 9.37. The van der Waals surface area contributed by atoms with Gasteiger partial charge >= 0.3 is 6.01 Å². The third kappa shape index (κ3) is 3.02. The highest BCUT2D eigenvalue weighted by atomic mass is 16.5. The molecule has 0 spiro atoms. The molecule has 13 heavy (non-hydrogen) atoms. The van der Waals surface area contributed by atoms with Crippen LogP contribution in [0.2, 0.25) is 0 Å². The lowest BCUT2D eigenvalue weighted by Crippen LogP contribution is -2.14. The minimum absolute atomic E-state index is 0.0174. The second-order valence-corrected chi connectivity index (χ2v) is 2.57. The molecule has 0 aliphatic rings. The van der Waals surface area contributed by atoms with Gasteiger partial charge in [0.1, 0.15) is 5.78 Å². The van der Waals surface area contributed by atoms with E-state index in [1.165, 1.54) is 6.92 Å². The Hall–Kier alpha value is -1.72. The first-order valence-corrected chi connectivity index (χ1v) is 3.67. The zero-order valence-electron chi connectivity index (χ0n) is 7.33. The van der Waals surface area contributed by atoms with Crippen LogP contribution in [0.15, 0.2) is 4.52 Å². The number of hydrogen-bond donors (Lipinski definition) is 1. The molecular weight excluding hydrogens is 174 g/mol. The highest BCUT2D eigenvalue weighted by Crippen LogP contribution is 2.02. The van der Waals surface area contributed by atoms with E-state index in [1.807, 2.05) is 0 Å². The largest absolute Gasteiger partial charge is 0.328 e. The Balaban J connectivity index is 2.50. The van der Waals surface area contributed by atoms with Crippen LogP contribution in [0.25, 0.3) is 0 Å². The molecule has 0 unspecified atom stereocenters. The van der Waals surface area contributed by atoms with Crippen molar-refractivity contribution in [3.05, 3.63) is 5.82 Å². The molecule has 1 amide bonds. The molecule has 1 N–H and O–H groups in total. The van der Waals surface area contributed by atoms with E-state index in [0.717, 1.165) is 0 Å². The molecule has 1 aromatic rings. The van der Waals surface area contributed by atoms with Crippen LogP contribution in [0, 0.1) is 6.92 Å². The first-order valence-electron chi connectivity index (χ1n) is 3.67. The molecule has 0 radical (unpaired) electrons. The molecule has 0 aromatic carbocycles. The Morgan fingerprint density at radius 1 is 1.54 bits per heavy atom. The number of nitrogens with one attached hydrogen (secondary N) is 1. The van der Waals surface area contributed by atoms with Crippen LogP contribution >= 0.6 is 0 Å². The van der Waals surface area contributed by atoms with Crippen molar-refractivity contribution in [2.75, 3.05) is 5.32 Å². The summed E-state index contributed by atoms with van der Waals surface area (Å²) in [6, 6.07) is 0.0174. The summed E-state index contributed by atoms with van der Waals surface area (Å²) in [5.41, 5.74) is 0. The Labute approximate surface area is 74.3 Å². The summed E-state index contributed by atoms with van der Waals surface area (Å²) in [6.45, 7) is 2.96. The third-order valence-electron chi connectivity index (χ3n) is 1.18. The summed E-state index contributed by atoms with van der Waals surface area (Å²) in [5, 5.41) is 5.76. The van der Waals surface area contributed by atoms with E-state index in [9.17, 15) is 9.59 Å². The lowest BCUT2D eigenvalue weighted by molar-refractivity contribution is -0.124. The molecule has 6 heteroatoms. The SMILES string of the molecule is CC(=O)CC(=O)Nc1nc(C)no1. The summed E-state index contributed by atoms with van der Waals surface area (Å²) in [5.74, 6) is -0.233. The number of hydrogen-bond acceptors (Lipinski definition) is 5. The number of nitrogens with zero attached hydrogens (tertiary/aromatic N) is 2. The number of Topliss-reactive ketones (excluding diaryl/α,β-unsaturated/α-hetero) is 1. The maximum absolute atomic E-state index is 11.0. The first-order chi connectivity index (χ1) is 6.08. The predicted molar refractivity (Wildman–Crippen MR) is 43.0 cm³/mol. The molecule has 1 heterocycles. The lowest BCUT2D eigenvalue weighted by atomic mass is 10.3. The number of anilines is 1. The number of aromatic nitrogens is 2. The average Bonchev–Trinajstić information content (AvgIpc) is 2.33. The van der Waals surface area contributed by atoms with Gasteiger partial charge < -0.3 is 4.52 Å². The summed E-state index contributed by atoms with van der Waals surface area (Å²) in [6.07, 6.45) is -0.179. The molecule has 0 aliphatic heterocycles. The van der Waals surface area contributed by atoms with Gasteiger partial charge in [0.05, 0.1) is 6.42 Å². The van der Waals surface area contributed by atoms with E-state index < -0.39 is 5.91 Å². The second kappa shape index (κ2) is 3.79. The van der Waals surface area contributed by atoms with E-state index in [1.54, 1.807) is 6.92 Å². The highest BCUT2D eigenvalue weighted by Gasteiger charge is 2.09. The second-order valence-electron chi connectivity index (χ2n) is 2.57. The van der Waals surface area contributed by atoms with Crippen molar-refractivity contribution in [1.82, 2.24) is 10.1 Å². The molecule has 70 valence electrons. The van der Waals surface area contributed by atoms with Crippen molar-refractivity contribution in [2.45, 2.75) is 20.3 Å². The fraction of sp³-hybridized carbons (Fsp3) is 0.429. The van der Waals surface area contributed by atoms with Gasteiger partial charge in [0, 0.05) is 0 Å². The van der Waals surface area contributed by atoms with Crippen LogP contribution in [0.4, 0.5) is 6.01 Å². The fourth-order valence-corrected chi connectivity index (χ4v) is 0.737. The summed E-state index contributed by atoms with van der Waals surface area (Å²) in [4.78, 5) is 25.2. The lowest BCUT2D eigenvalue weighted by Gasteiger charge is -1.95. The minimum atomic E-state index is -0.448. The number of aryl methyl sites for hydroxylation is 1. The van der Waals surface area contributed by atoms with Crippen molar-refractivity contribution in [2.24, 2.45) is 0 Å². The molecule has 0 atom stereocenters. The van der Waals surface area contributed by atoms with Gasteiger partial charge in [-0.2, -0.15) is 4.98 Å². The van der Waals surface area contributed by atoms with Crippen LogP contribution in [0.3, 0.4) is 0 Å². The van der Waals surface area contributed by atoms with E-state index in [4.69, 9.17) is 0 Å². The summed E-state index contributed by atoms with van der Waals surface area (Å²) >= 11 is 0. The average molecular weight is 183 g/mol. The molecule has 1 aromatic heterocycles. The van der Waals surface area contributed by atoms with E-state index in [0.29, 0.717) is 5.82 Å². The molecule has 0 saturated carbocycles. The molecule has 0 aliphatic carbocycles. The molecule has 0 fully saturated rings. The van der Waals surface area contributed by atoms with E-state index in [-0.39, 0.29) is 18.2 Å². The maximum Gasteiger partial charge on any atom is 0.328 e. The molecular formula is C7H9N3O3. The fourth-order valence-electron chi connectivity index (χ4n) is 0.737. The smallest absolute Gasteiger partial charge is 0.315 e. The number of carbonyl (C=O) groups is 2. The highest BCUT2D eigenvalue weighted by molar-refractivity contribution is 6.02. The summed E-state index contributed by atoms with van der Waals surface area (Å²) in [7, 11) is 0. The Bertz CT molecular complexity index is 331. The van der Waals surface area contributed by atoms with Crippen LogP contribution in [-0.4, -0.2) is 21.8 Å². The van der Waals surface area contributed by atoms with Crippen molar-refractivity contribution in [3.63, 3.8) is 0 Å². The van der Waals surface area contributed by atoms with Gasteiger partial charge in [0.15, 0.2) is 5.82 Å². The normalized spacial score (nSPS) is 9.69. The zero-order valence-corrected chi connectivity index (χ0v) is 7.33. The van der Waals surface area contributed by atoms with Gasteiger partial charge in [-0.05, 0) is 13.8 Å². The standard InChI is InChI=1S/C7H9N3O3/c1-4(11)3-6(12)9-7-8-5(2)10-13-7/h3H2,1-2H3,(H,8,9,10,12). The number of rotatable bonds is 3. The maximum atomic E-state index is 11.0. The number of ketones is 1. The molecule has 0 saturated heterocycles. The van der Waals surface area contributed by atoms with Gasteiger partial charge in [-0.25, -0.2) is 0 Å². The van der Waals surface area contributed by atoms with Gasteiger partial charge in [0.2, 0.25) is 5.91 Å². The number of amides is 1. The van der Waals surface area contributed by atoms with Gasteiger partial charge in [0.25, 0.3) is 0 Å². The topological polar surface area (TPSA) is 85.1 Å². The van der Waals surface area contributed by atoms with Crippen molar-refractivity contribution in [3.8, 4) is 0 Å². The third-order valence-corrected chi connectivity index (χ3v) is 1.18. The van der Waals surface area contributed by atoms with Crippen LogP contribution in [-0.2, 0) is 9.59 Å². The number of carbonyl (C=O) groups excluding carboxylic acids is 2. The van der Waals surface area contributed by atoms with E-state index >= 15 is 0 Å². The van der Waals surface area contributed by atoms with E-state index in [2.05, 4.69) is 20.0 Å². The zero-order chi connectivity index (χ0) is 9.84. The Morgan fingerprint density at radius 3 is 2.69 bits per heavy atom. The Kier molecular flexibility index (Phi) is 2.73. The minimum Gasteiger partial charge on any atom is -0.315 e. The van der Waals surface area contributed by atoms with Gasteiger partial charge in [-0.3, -0.25) is 14.9 Å². The van der Waals surface area contributed by atoms with Gasteiger partial charge in [-0.1, -0.05) is 5.16 Å².